The second-order valence-corrected chi connectivity index (χ2v) is 7.50. The summed E-state index contributed by atoms with van der Waals surface area (Å²) in [4.78, 5) is 12.6. The van der Waals surface area contributed by atoms with Gasteiger partial charge in [0.1, 0.15) is 29.9 Å². The summed E-state index contributed by atoms with van der Waals surface area (Å²) in [6, 6.07) is 12.1. The molecule has 1 aliphatic carbocycles. The van der Waals surface area contributed by atoms with Crippen LogP contribution < -0.4 is 14.0 Å². The zero-order chi connectivity index (χ0) is 19.1. The minimum Gasteiger partial charge on any atom is -0.497 e. The molecule has 0 amide bonds. The smallest absolute Gasteiger partial charge is 0.244 e. The van der Waals surface area contributed by atoms with E-state index in [1.807, 2.05) is 41.4 Å². The van der Waals surface area contributed by atoms with Crippen LogP contribution in [0.5, 0.6) is 11.5 Å². The third-order valence-electron chi connectivity index (χ3n) is 5.81. The molecule has 28 heavy (non-hydrogen) atoms. The normalized spacial score (nSPS) is 17.1. The van der Waals surface area contributed by atoms with Crippen molar-refractivity contribution in [3.05, 3.63) is 77.4 Å². The molecule has 3 aromatic rings. The first kappa shape index (κ1) is 17.0. The predicted molar refractivity (Wildman–Crippen MR) is 104 cm³/mol. The van der Waals surface area contributed by atoms with E-state index in [1.54, 1.807) is 7.11 Å². The summed E-state index contributed by atoms with van der Waals surface area (Å²) < 4.78 is 15.1. The van der Waals surface area contributed by atoms with Crippen LogP contribution in [-0.4, -0.2) is 24.1 Å². The molecule has 0 radical (unpaired) electrons. The van der Waals surface area contributed by atoms with Gasteiger partial charge >= 0.3 is 0 Å². The molecule has 1 atom stereocenters. The van der Waals surface area contributed by atoms with Crippen molar-refractivity contribution in [2.24, 2.45) is 0 Å². The third kappa shape index (κ3) is 2.97. The molecule has 0 saturated heterocycles. The van der Waals surface area contributed by atoms with E-state index in [2.05, 4.69) is 22.9 Å². The maximum atomic E-state index is 12.6. The van der Waals surface area contributed by atoms with Crippen LogP contribution in [0.3, 0.4) is 0 Å². The van der Waals surface area contributed by atoms with Crippen molar-refractivity contribution < 1.29 is 18.8 Å². The molecular formula is C23H23N2O3+. The zero-order valence-electron chi connectivity index (χ0n) is 15.9. The van der Waals surface area contributed by atoms with Crippen molar-refractivity contribution in [3.63, 3.8) is 0 Å². The van der Waals surface area contributed by atoms with Gasteiger partial charge in [0.2, 0.25) is 12.1 Å². The van der Waals surface area contributed by atoms with Gasteiger partial charge in [-0.15, -0.1) is 0 Å². The molecule has 2 aromatic carbocycles. The van der Waals surface area contributed by atoms with Crippen LogP contribution in [0.2, 0.25) is 0 Å². The van der Waals surface area contributed by atoms with E-state index >= 15 is 0 Å². The van der Waals surface area contributed by atoms with E-state index in [0.717, 1.165) is 37.4 Å². The van der Waals surface area contributed by atoms with E-state index in [9.17, 15) is 4.79 Å². The molecule has 142 valence electrons. The number of aromatic nitrogens is 2. The SMILES string of the molecule is COc1ccc(C(=O)C[n+]2ccn(C3CCc4cc5c(cc43)OCC5)c2)cc1. The van der Waals surface area contributed by atoms with Crippen LogP contribution in [0.4, 0.5) is 0 Å². The Kier molecular flexibility index (Phi) is 4.15. The Morgan fingerprint density at radius 3 is 2.89 bits per heavy atom. The summed E-state index contributed by atoms with van der Waals surface area (Å²) in [6.07, 6.45) is 9.27. The highest BCUT2D eigenvalue weighted by atomic mass is 16.5. The highest BCUT2D eigenvalue weighted by Crippen LogP contribution is 2.39. The number of ether oxygens (including phenoxy) is 2. The van der Waals surface area contributed by atoms with Gasteiger partial charge in [0.25, 0.3) is 0 Å². The Labute approximate surface area is 164 Å². The Balaban J connectivity index is 1.34. The van der Waals surface area contributed by atoms with Gasteiger partial charge in [-0.2, -0.15) is 0 Å². The monoisotopic (exact) mass is 375 g/mol. The fraction of sp³-hybridized carbons (Fsp3) is 0.304. The fourth-order valence-corrected chi connectivity index (χ4v) is 4.30. The lowest BCUT2D eigenvalue weighted by atomic mass is 10.0. The molecule has 1 unspecified atom stereocenters. The number of rotatable bonds is 5. The number of nitrogens with zero attached hydrogens (tertiary/aromatic N) is 2. The van der Waals surface area contributed by atoms with Gasteiger partial charge < -0.3 is 9.47 Å². The van der Waals surface area contributed by atoms with E-state index in [1.165, 1.54) is 16.7 Å². The van der Waals surface area contributed by atoms with E-state index in [-0.39, 0.29) is 5.78 Å². The highest BCUT2D eigenvalue weighted by molar-refractivity contribution is 5.95. The largest absolute Gasteiger partial charge is 0.497 e. The molecule has 5 heteroatoms. The van der Waals surface area contributed by atoms with Crippen LogP contribution >= 0.6 is 0 Å². The van der Waals surface area contributed by atoms with Gasteiger partial charge in [-0.05, 0) is 54.3 Å². The lowest BCUT2D eigenvalue weighted by Gasteiger charge is -2.09. The topological polar surface area (TPSA) is 44.3 Å². The number of fused-ring (bicyclic) bond motifs is 2. The number of imidazole rings is 1. The second kappa shape index (κ2) is 6.82. The van der Waals surface area contributed by atoms with Crippen molar-refractivity contribution in [2.75, 3.05) is 13.7 Å². The molecule has 1 aromatic heterocycles. The van der Waals surface area contributed by atoms with Crippen molar-refractivity contribution in [3.8, 4) is 11.5 Å². The summed E-state index contributed by atoms with van der Waals surface area (Å²) in [5.74, 6) is 1.88. The summed E-state index contributed by atoms with van der Waals surface area (Å²) in [7, 11) is 1.62. The molecule has 2 aliphatic rings. The van der Waals surface area contributed by atoms with Gasteiger partial charge in [0, 0.05) is 17.5 Å². The Morgan fingerprint density at radius 2 is 2.07 bits per heavy atom. The first-order valence-electron chi connectivity index (χ1n) is 9.73. The molecule has 5 nitrogen and oxygen atoms in total. The number of benzene rings is 2. The number of hydrogen-bond acceptors (Lipinski definition) is 3. The first-order chi connectivity index (χ1) is 13.7. The maximum Gasteiger partial charge on any atom is 0.244 e. The molecular weight excluding hydrogens is 352 g/mol. The molecule has 0 bridgehead atoms. The average Bonchev–Trinajstić information content (AvgIpc) is 3.45. The summed E-state index contributed by atoms with van der Waals surface area (Å²) in [5, 5.41) is 0. The van der Waals surface area contributed by atoms with E-state index < -0.39 is 0 Å². The first-order valence-corrected chi connectivity index (χ1v) is 9.73. The Hall–Kier alpha value is -3.08. The number of hydrogen-bond donors (Lipinski definition) is 0. The number of Topliss-reactive ketones (excluding diaryl/α,β-unsaturated/α-hetero) is 1. The van der Waals surface area contributed by atoms with Crippen LogP contribution in [0.15, 0.2) is 55.1 Å². The number of methoxy groups -OCH3 is 1. The minimum atomic E-state index is 0.0865. The lowest BCUT2D eigenvalue weighted by molar-refractivity contribution is -0.682. The molecule has 0 fully saturated rings. The molecule has 0 N–H and O–H groups in total. The number of aryl methyl sites for hydroxylation is 1. The van der Waals surface area contributed by atoms with Crippen LogP contribution in [0.25, 0.3) is 0 Å². The molecule has 5 rings (SSSR count). The lowest BCUT2D eigenvalue weighted by Crippen LogP contribution is -2.36. The average molecular weight is 375 g/mol. The van der Waals surface area contributed by atoms with Crippen molar-refractivity contribution in [1.82, 2.24) is 4.57 Å². The fourth-order valence-electron chi connectivity index (χ4n) is 4.30. The predicted octanol–water partition coefficient (Wildman–Crippen LogP) is 3.14. The van der Waals surface area contributed by atoms with Gasteiger partial charge in [0.05, 0.1) is 13.7 Å². The van der Waals surface area contributed by atoms with E-state index in [4.69, 9.17) is 9.47 Å². The Bertz CT molecular complexity index is 1040. The summed E-state index contributed by atoms with van der Waals surface area (Å²) in [5.41, 5.74) is 4.82. The quantitative estimate of drug-likeness (QED) is 0.508. The van der Waals surface area contributed by atoms with Crippen molar-refractivity contribution in [2.45, 2.75) is 31.8 Å². The number of ketones is 1. The number of carbonyl (C=O) groups is 1. The van der Waals surface area contributed by atoms with Gasteiger partial charge in [-0.25, -0.2) is 9.13 Å². The van der Waals surface area contributed by atoms with Gasteiger partial charge in [0.15, 0.2) is 6.54 Å². The molecule has 1 aliphatic heterocycles. The molecule has 0 saturated carbocycles. The van der Waals surface area contributed by atoms with Crippen LogP contribution in [0.1, 0.15) is 39.5 Å². The highest BCUT2D eigenvalue weighted by Gasteiger charge is 2.30. The minimum absolute atomic E-state index is 0.0865. The van der Waals surface area contributed by atoms with Crippen molar-refractivity contribution >= 4 is 5.78 Å². The third-order valence-corrected chi connectivity index (χ3v) is 5.81. The maximum absolute atomic E-state index is 12.6. The standard InChI is InChI=1S/C23H23N2O3/c1-27-19-5-2-16(3-6-19)22(26)14-24-9-10-25(15-24)21-7-4-17-12-18-8-11-28-23(18)13-20(17)21/h2-3,5-6,9-10,12-13,15,21H,4,7-8,11,14H2,1H3/q+1. The van der Waals surface area contributed by atoms with Crippen LogP contribution in [0, 0.1) is 0 Å². The summed E-state index contributed by atoms with van der Waals surface area (Å²) in [6.45, 7) is 1.12. The Morgan fingerprint density at radius 1 is 1.21 bits per heavy atom. The van der Waals surface area contributed by atoms with Gasteiger partial charge in [-0.3, -0.25) is 4.79 Å². The molecule has 2 heterocycles. The van der Waals surface area contributed by atoms with Crippen LogP contribution in [-0.2, 0) is 19.4 Å². The number of carbonyl (C=O) groups excluding carboxylic acids is 1. The van der Waals surface area contributed by atoms with Gasteiger partial charge in [-0.1, -0.05) is 6.07 Å². The molecule has 0 spiro atoms. The summed E-state index contributed by atoms with van der Waals surface area (Å²) >= 11 is 0. The zero-order valence-corrected chi connectivity index (χ0v) is 15.9. The van der Waals surface area contributed by atoms with Crippen molar-refractivity contribution in [1.29, 1.82) is 0 Å². The van der Waals surface area contributed by atoms with E-state index in [0.29, 0.717) is 18.2 Å². The second-order valence-electron chi connectivity index (χ2n) is 7.50.